The van der Waals surface area contributed by atoms with Crippen molar-refractivity contribution in [2.75, 3.05) is 26.8 Å². The van der Waals surface area contributed by atoms with E-state index < -0.39 is 10.0 Å². The van der Waals surface area contributed by atoms with Gasteiger partial charge < -0.3 is 14.8 Å². The molecular formula is C23H29ClN4O4S. The molecule has 2 aromatic carbocycles. The van der Waals surface area contributed by atoms with Gasteiger partial charge in [-0.15, -0.1) is 12.4 Å². The Morgan fingerprint density at radius 1 is 1.21 bits per heavy atom. The van der Waals surface area contributed by atoms with Crippen LogP contribution in [0.5, 0.6) is 11.5 Å². The second-order valence-corrected chi connectivity index (χ2v) is 9.56. The molecule has 4 rings (SSSR count). The predicted molar refractivity (Wildman–Crippen MR) is 129 cm³/mol. The van der Waals surface area contributed by atoms with Gasteiger partial charge in [-0.3, -0.25) is 4.68 Å². The molecule has 0 bridgehead atoms. The zero-order valence-corrected chi connectivity index (χ0v) is 20.2. The van der Waals surface area contributed by atoms with Gasteiger partial charge >= 0.3 is 0 Å². The highest BCUT2D eigenvalue weighted by molar-refractivity contribution is 7.89. The van der Waals surface area contributed by atoms with Crippen molar-refractivity contribution in [1.29, 1.82) is 0 Å². The standard InChI is InChI=1S/C23H28N4O4S.ClH/c1-24-22-16-31-23-9-8-18(13-21(23)20(22)12-17-6-4-3-5-7-17)30-11-10-26-32(28,29)19-14-25-27(2)15-19;/h3-9,13-15,20,22,24,26H,10-12,16H2,1-2H3;1H. The van der Waals surface area contributed by atoms with Crippen molar-refractivity contribution < 1.29 is 17.9 Å². The van der Waals surface area contributed by atoms with Crippen LogP contribution in [0.15, 0.2) is 65.8 Å². The molecule has 178 valence electrons. The molecule has 8 nitrogen and oxygen atoms in total. The molecule has 0 amide bonds. The van der Waals surface area contributed by atoms with Gasteiger partial charge in [-0.05, 0) is 37.2 Å². The lowest BCUT2D eigenvalue weighted by atomic mass is 9.84. The highest BCUT2D eigenvalue weighted by Gasteiger charge is 2.30. The Hall–Kier alpha value is -2.59. The van der Waals surface area contributed by atoms with Gasteiger partial charge in [0, 0.05) is 37.3 Å². The zero-order chi connectivity index (χ0) is 22.6. The number of nitrogens with one attached hydrogen (secondary N) is 2. The van der Waals surface area contributed by atoms with E-state index in [0.717, 1.165) is 17.7 Å². The summed E-state index contributed by atoms with van der Waals surface area (Å²) in [5, 5.41) is 7.27. The number of hydrogen-bond donors (Lipinski definition) is 2. The summed E-state index contributed by atoms with van der Waals surface area (Å²) in [7, 11) is 0.0185. The number of aromatic nitrogens is 2. The first kappa shape index (κ1) is 25.0. The molecule has 2 unspecified atom stereocenters. The minimum Gasteiger partial charge on any atom is -0.492 e. The van der Waals surface area contributed by atoms with Crippen LogP contribution in [0, 0.1) is 0 Å². The van der Waals surface area contributed by atoms with E-state index in [1.54, 1.807) is 7.05 Å². The Kier molecular flexibility index (Phi) is 8.36. The minimum atomic E-state index is -3.60. The lowest BCUT2D eigenvalue weighted by Crippen LogP contribution is -2.41. The maximum Gasteiger partial charge on any atom is 0.243 e. The molecule has 0 radical (unpaired) electrons. The summed E-state index contributed by atoms with van der Waals surface area (Å²) in [6.07, 6.45) is 3.66. The van der Waals surface area contributed by atoms with Crippen LogP contribution in [0.1, 0.15) is 17.0 Å². The first-order chi connectivity index (χ1) is 15.5. The highest BCUT2D eigenvalue weighted by atomic mass is 35.5. The van der Waals surface area contributed by atoms with E-state index >= 15 is 0 Å². The van der Waals surface area contributed by atoms with Crippen LogP contribution < -0.4 is 19.5 Å². The normalized spacial score (nSPS) is 17.5. The molecule has 0 fully saturated rings. The summed E-state index contributed by atoms with van der Waals surface area (Å²) in [4.78, 5) is 0.132. The molecular weight excluding hydrogens is 464 g/mol. The minimum absolute atomic E-state index is 0. The molecule has 33 heavy (non-hydrogen) atoms. The number of ether oxygens (including phenoxy) is 2. The van der Waals surface area contributed by atoms with Crippen LogP contribution >= 0.6 is 12.4 Å². The molecule has 2 heterocycles. The average Bonchev–Trinajstić information content (AvgIpc) is 3.25. The molecule has 0 spiro atoms. The molecule has 1 aromatic heterocycles. The number of benzene rings is 2. The maximum absolute atomic E-state index is 12.3. The summed E-state index contributed by atoms with van der Waals surface area (Å²) < 4.78 is 40.4. The smallest absolute Gasteiger partial charge is 0.243 e. The third-order valence-corrected chi connectivity index (χ3v) is 7.02. The second-order valence-electron chi connectivity index (χ2n) is 7.80. The van der Waals surface area contributed by atoms with E-state index in [4.69, 9.17) is 9.47 Å². The van der Waals surface area contributed by atoms with Crippen molar-refractivity contribution in [3.05, 3.63) is 72.1 Å². The Morgan fingerprint density at radius 2 is 2.00 bits per heavy atom. The summed E-state index contributed by atoms with van der Waals surface area (Å²) >= 11 is 0. The fraction of sp³-hybridized carbons (Fsp3) is 0.348. The van der Waals surface area contributed by atoms with E-state index in [0.29, 0.717) is 12.4 Å². The summed E-state index contributed by atoms with van der Waals surface area (Å²) in [5.74, 6) is 1.78. The average molecular weight is 493 g/mol. The molecule has 3 aromatic rings. The zero-order valence-electron chi connectivity index (χ0n) is 18.6. The van der Waals surface area contributed by atoms with Crippen molar-refractivity contribution in [2.45, 2.75) is 23.3 Å². The number of nitrogens with zero attached hydrogens (tertiary/aromatic N) is 2. The first-order valence-corrected chi connectivity index (χ1v) is 12.0. The van der Waals surface area contributed by atoms with Gasteiger partial charge in [0.1, 0.15) is 29.6 Å². The van der Waals surface area contributed by atoms with Crippen molar-refractivity contribution in [1.82, 2.24) is 19.8 Å². The van der Waals surface area contributed by atoms with Gasteiger partial charge in [-0.25, -0.2) is 13.1 Å². The number of hydrogen-bond acceptors (Lipinski definition) is 6. The quantitative estimate of drug-likeness (QED) is 0.446. The van der Waals surface area contributed by atoms with E-state index in [-0.39, 0.29) is 42.4 Å². The number of halogens is 1. The lowest BCUT2D eigenvalue weighted by molar-refractivity contribution is 0.217. The number of rotatable bonds is 9. The largest absolute Gasteiger partial charge is 0.492 e. The molecule has 0 saturated carbocycles. The first-order valence-electron chi connectivity index (χ1n) is 10.6. The van der Waals surface area contributed by atoms with E-state index in [9.17, 15) is 8.42 Å². The summed E-state index contributed by atoms with van der Waals surface area (Å²) in [6, 6.07) is 16.4. The number of likely N-dealkylation sites (N-methyl/N-ethyl adjacent to an activating group) is 1. The maximum atomic E-state index is 12.3. The fourth-order valence-corrected chi connectivity index (χ4v) is 4.92. The Bertz CT molecular complexity index is 1150. The van der Waals surface area contributed by atoms with Crippen molar-refractivity contribution in [3.63, 3.8) is 0 Å². The van der Waals surface area contributed by atoms with Crippen molar-refractivity contribution in [2.24, 2.45) is 7.05 Å². The molecule has 0 saturated heterocycles. The van der Waals surface area contributed by atoms with E-state index in [1.807, 2.05) is 31.3 Å². The topological polar surface area (TPSA) is 94.5 Å². The van der Waals surface area contributed by atoms with Crippen molar-refractivity contribution in [3.8, 4) is 11.5 Å². The van der Waals surface area contributed by atoms with Crippen molar-refractivity contribution >= 4 is 22.4 Å². The van der Waals surface area contributed by atoms with Gasteiger partial charge in [0.25, 0.3) is 0 Å². The third kappa shape index (κ3) is 6.05. The second kappa shape index (κ2) is 11.0. The summed E-state index contributed by atoms with van der Waals surface area (Å²) in [5.41, 5.74) is 2.36. The molecule has 1 aliphatic rings. The van der Waals surface area contributed by atoms with E-state index in [2.05, 4.69) is 39.4 Å². The SMILES string of the molecule is CNC1COc2ccc(OCCNS(=O)(=O)c3cnn(C)c3)cc2C1Cc1ccccc1.Cl. The summed E-state index contributed by atoms with van der Waals surface area (Å²) in [6.45, 7) is 0.965. The Balaban J connectivity index is 0.00000306. The Morgan fingerprint density at radius 3 is 2.70 bits per heavy atom. The monoisotopic (exact) mass is 492 g/mol. The highest BCUT2D eigenvalue weighted by Crippen LogP contribution is 2.38. The van der Waals surface area contributed by atoms with Gasteiger partial charge in [-0.1, -0.05) is 30.3 Å². The van der Waals surface area contributed by atoms with Crippen LogP contribution in [0.2, 0.25) is 0 Å². The van der Waals surface area contributed by atoms with Gasteiger partial charge in [0.05, 0.1) is 6.20 Å². The number of sulfonamides is 1. The van der Waals surface area contributed by atoms with Gasteiger partial charge in [0.2, 0.25) is 10.0 Å². The van der Waals surface area contributed by atoms with Gasteiger partial charge in [-0.2, -0.15) is 5.10 Å². The molecule has 2 atom stereocenters. The number of fused-ring (bicyclic) bond motifs is 1. The van der Waals surface area contributed by atoms with Crippen LogP contribution in [-0.4, -0.2) is 51.0 Å². The number of aryl methyl sites for hydroxylation is 1. The fourth-order valence-electron chi connectivity index (χ4n) is 3.92. The predicted octanol–water partition coefficient (Wildman–Crippen LogP) is 2.51. The van der Waals surface area contributed by atoms with Crippen LogP contribution in [0.3, 0.4) is 0 Å². The molecule has 2 N–H and O–H groups in total. The van der Waals surface area contributed by atoms with Crippen LogP contribution in [0.25, 0.3) is 0 Å². The Labute approximate surface area is 200 Å². The van der Waals surface area contributed by atoms with Gasteiger partial charge in [0.15, 0.2) is 0 Å². The third-order valence-electron chi connectivity index (χ3n) is 5.61. The van der Waals surface area contributed by atoms with Crippen LogP contribution in [0.4, 0.5) is 0 Å². The van der Waals surface area contributed by atoms with Crippen LogP contribution in [-0.2, 0) is 23.5 Å². The molecule has 1 aliphatic heterocycles. The molecule has 10 heteroatoms. The molecule has 0 aliphatic carbocycles. The lowest BCUT2D eigenvalue weighted by Gasteiger charge is -2.34. The van der Waals surface area contributed by atoms with E-state index in [1.165, 1.54) is 22.6 Å².